The van der Waals surface area contributed by atoms with Crippen LogP contribution in [0.1, 0.15) is 110 Å². The lowest BCUT2D eigenvalue weighted by atomic mass is 10.0. The van der Waals surface area contributed by atoms with Crippen LogP contribution in [0.15, 0.2) is 0 Å². The number of nitrogens with one attached hydrogen (secondary N) is 1. The van der Waals surface area contributed by atoms with Crippen LogP contribution in [0.2, 0.25) is 0 Å². The second kappa shape index (κ2) is 19.3. The predicted molar refractivity (Wildman–Crippen MR) is 105 cm³/mol. The number of carbonyl (C=O) groups is 2. The van der Waals surface area contributed by atoms with E-state index in [1.54, 1.807) is 6.92 Å². The first-order chi connectivity index (χ1) is 12.2. The highest BCUT2D eigenvalue weighted by Gasteiger charge is 2.04. The van der Waals surface area contributed by atoms with Gasteiger partial charge < -0.3 is 10.1 Å². The summed E-state index contributed by atoms with van der Waals surface area (Å²) in [6, 6.07) is 0. The minimum Gasteiger partial charge on any atom is -0.464 e. The van der Waals surface area contributed by atoms with Crippen LogP contribution in [0.4, 0.5) is 0 Å². The number of unbranched alkanes of at least 4 members (excludes halogenated alkanes) is 13. The summed E-state index contributed by atoms with van der Waals surface area (Å²) >= 11 is 0. The zero-order chi connectivity index (χ0) is 18.6. The fourth-order valence-corrected chi connectivity index (χ4v) is 2.83. The van der Waals surface area contributed by atoms with Gasteiger partial charge in [-0.3, -0.25) is 9.59 Å². The van der Waals surface area contributed by atoms with Gasteiger partial charge in [0.1, 0.15) is 6.54 Å². The molecule has 0 aliphatic rings. The summed E-state index contributed by atoms with van der Waals surface area (Å²) < 4.78 is 5.09. The molecule has 0 aliphatic carbocycles. The van der Waals surface area contributed by atoms with E-state index >= 15 is 0 Å². The van der Waals surface area contributed by atoms with Crippen LogP contribution in [0.5, 0.6) is 0 Å². The molecule has 4 heteroatoms. The van der Waals surface area contributed by atoms with Crippen LogP contribution < -0.4 is 5.32 Å². The Balaban J connectivity index is 3.14. The molecule has 0 radical (unpaired) electrons. The molecule has 0 unspecified atom stereocenters. The van der Waals surface area contributed by atoms with Crippen LogP contribution in [0.3, 0.4) is 0 Å². The average Bonchev–Trinajstić information content (AvgIpc) is 2.62. The lowest BCUT2D eigenvalue weighted by molar-refractivity contribution is -0.144. The Morgan fingerprint density at radius 3 is 1.56 bits per heavy atom. The van der Waals surface area contributed by atoms with Crippen molar-refractivity contribution in [3.63, 3.8) is 0 Å². The smallest absolute Gasteiger partial charge is 0.325 e. The van der Waals surface area contributed by atoms with Crippen LogP contribution in [0, 0.1) is 0 Å². The van der Waals surface area contributed by atoms with Crippen molar-refractivity contribution < 1.29 is 14.3 Å². The zero-order valence-corrected chi connectivity index (χ0v) is 16.7. The van der Waals surface area contributed by atoms with Gasteiger partial charge in [-0.25, -0.2) is 0 Å². The van der Waals surface area contributed by atoms with E-state index in [4.69, 9.17) is 4.74 Å². The second-order valence-electron chi connectivity index (χ2n) is 6.95. The van der Waals surface area contributed by atoms with Crippen molar-refractivity contribution in [1.29, 1.82) is 0 Å². The van der Waals surface area contributed by atoms with Gasteiger partial charge in [0.2, 0.25) is 5.91 Å². The Labute approximate surface area is 155 Å². The van der Waals surface area contributed by atoms with Crippen molar-refractivity contribution in [2.75, 3.05) is 13.2 Å². The first-order valence-corrected chi connectivity index (χ1v) is 10.6. The summed E-state index contributed by atoms with van der Waals surface area (Å²) in [6.45, 7) is 4.49. The molecule has 0 aromatic carbocycles. The summed E-state index contributed by atoms with van der Waals surface area (Å²) in [7, 11) is 0. The summed E-state index contributed by atoms with van der Waals surface area (Å²) in [4.78, 5) is 22.4. The minimum absolute atomic E-state index is 0.00865. The predicted octanol–water partition coefficient (Wildman–Crippen LogP) is 5.54. The van der Waals surface area contributed by atoms with Gasteiger partial charge in [0.05, 0.1) is 6.61 Å². The van der Waals surface area contributed by atoms with Gasteiger partial charge >= 0.3 is 5.97 Å². The molecular weight excluding hydrogens is 314 g/mol. The van der Waals surface area contributed by atoms with Crippen molar-refractivity contribution >= 4 is 11.9 Å². The molecule has 0 heterocycles. The molecule has 25 heavy (non-hydrogen) atoms. The molecule has 0 bridgehead atoms. The number of amides is 1. The largest absolute Gasteiger partial charge is 0.464 e. The monoisotopic (exact) mass is 355 g/mol. The Kier molecular flexibility index (Phi) is 18.5. The Morgan fingerprint density at radius 1 is 0.680 bits per heavy atom. The molecule has 4 nitrogen and oxygen atoms in total. The standard InChI is InChI=1S/C21H41NO3/c1-3-5-6-7-8-9-10-11-12-13-14-15-16-17-18-25-21(24)19-22-20(23)4-2/h3-19H2,1-2H3,(H,22,23). The Hall–Kier alpha value is -1.06. The molecule has 0 atom stereocenters. The summed E-state index contributed by atoms with van der Waals surface area (Å²) in [6.07, 6.45) is 18.8. The topological polar surface area (TPSA) is 55.4 Å². The van der Waals surface area contributed by atoms with E-state index in [2.05, 4.69) is 12.2 Å². The number of esters is 1. The quantitative estimate of drug-likeness (QED) is 0.259. The molecular formula is C21H41NO3. The number of carbonyl (C=O) groups excluding carboxylic acids is 2. The zero-order valence-electron chi connectivity index (χ0n) is 16.7. The highest BCUT2D eigenvalue weighted by molar-refractivity contribution is 5.81. The van der Waals surface area contributed by atoms with Crippen LogP contribution in [-0.2, 0) is 14.3 Å². The normalized spacial score (nSPS) is 10.6. The lowest BCUT2D eigenvalue weighted by Crippen LogP contribution is -2.30. The van der Waals surface area contributed by atoms with Crippen molar-refractivity contribution in [1.82, 2.24) is 5.32 Å². The van der Waals surface area contributed by atoms with Crippen molar-refractivity contribution in [2.45, 2.75) is 110 Å². The first kappa shape index (κ1) is 23.9. The molecule has 0 spiro atoms. The van der Waals surface area contributed by atoms with Crippen LogP contribution in [-0.4, -0.2) is 25.0 Å². The van der Waals surface area contributed by atoms with Gasteiger partial charge in [-0.2, -0.15) is 0 Å². The number of rotatable bonds is 18. The van der Waals surface area contributed by atoms with E-state index < -0.39 is 0 Å². The van der Waals surface area contributed by atoms with Crippen molar-refractivity contribution in [3.05, 3.63) is 0 Å². The third-order valence-corrected chi connectivity index (χ3v) is 4.51. The average molecular weight is 356 g/mol. The van der Waals surface area contributed by atoms with Crippen molar-refractivity contribution in [3.8, 4) is 0 Å². The fraction of sp³-hybridized carbons (Fsp3) is 0.905. The Bertz CT molecular complexity index is 318. The van der Waals surface area contributed by atoms with Crippen LogP contribution >= 0.6 is 0 Å². The second-order valence-corrected chi connectivity index (χ2v) is 6.95. The van der Waals surface area contributed by atoms with E-state index in [0.717, 1.165) is 12.8 Å². The maximum atomic E-state index is 11.4. The maximum Gasteiger partial charge on any atom is 0.325 e. The third-order valence-electron chi connectivity index (χ3n) is 4.51. The molecule has 0 rings (SSSR count). The highest BCUT2D eigenvalue weighted by Crippen LogP contribution is 2.12. The molecule has 1 N–H and O–H groups in total. The minimum atomic E-state index is -0.337. The van der Waals surface area contributed by atoms with Gasteiger partial charge in [-0.1, -0.05) is 97.3 Å². The number of hydrogen-bond donors (Lipinski definition) is 1. The molecule has 148 valence electrons. The van der Waals surface area contributed by atoms with Gasteiger partial charge in [-0.05, 0) is 6.42 Å². The summed E-state index contributed by atoms with van der Waals surface area (Å²) in [5, 5.41) is 2.52. The SMILES string of the molecule is CCCCCCCCCCCCCCCCOC(=O)CNC(=O)CC. The Morgan fingerprint density at radius 2 is 1.12 bits per heavy atom. The lowest BCUT2D eigenvalue weighted by Gasteiger charge is -2.06. The number of hydrogen-bond acceptors (Lipinski definition) is 3. The van der Waals surface area contributed by atoms with Gasteiger partial charge in [-0.15, -0.1) is 0 Å². The van der Waals surface area contributed by atoms with Crippen molar-refractivity contribution in [2.24, 2.45) is 0 Å². The molecule has 0 saturated heterocycles. The fourth-order valence-electron chi connectivity index (χ4n) is 2.83. The molecule has 0 fully saturated rings. The van der Waals surface area contributed by atoms with E-state index in [1.807, 2.05) is 0 Å². The molecule has 0 aliphatic heterocycles. The van der Waals surface area contributed by atoms with Gasteiger partial charge in [0, 0.05) is 6.42 Å². The van der Waals surface area contributed by atoms with E-state index in [9.17, 15) is 9.59 Å². The molecule has 0 aromatic heterocycles. The third kappa shape index (κ3) is 19.1. The van der Waals surface area contributed by atoms with E-state index in [0.29, 0.717) is 13.0 Å². The van der Waals surface area contributed by atoms with E-state index in [-0.39, 0.29) is 18.4 Å². The summed E-state index contributed by atoms with van der Waals surface area (Å²) in [5.41, 5.74) is 0. The highest BCUT2D eigenvalue weighted by atomic mass is 16.5. The maximum absolute atomic E-state index is 11.4. The van der Waals surface area contributed by atoms with Gasteiger partial charge in [0.15, 0.2) is 0 Å². The summed E-state index contributed by atoms with van der Waals surface area (Å²) in [5.74, 6) is -0.454. The molecule has 0 saturated carbocycles. The number of ether oxygens (including phenoxy) is 1. The van der Waals surface area contributed by atoms with Crippen LogP contribution in [0.25, 0.3) is 0 Å². The van der Waals surface area contributed by atoms with E-state index in [1.165, 1.54) is 77.0 Å². The molecule has 1 amide bonds. The van der Waals surface area contributed by atoms with Gasteiger partial charge in [0.25, 0.3) is 0 Å². The molecule has 0 aromatic rings. The first-order valence-electron chi connectivity index (χ1n) is 10.6.